The quantitative estimate of drug-likeness (QED) is 0.639. The Morgan fingerprint density at radius 1 is 1.35 bits per heavy atom. The summed E-state index contributed by atoms with van der Waals surface area (Å²) in [5.41, 5.74) is 5.56. The Hall–Kier alpha value is -1.69. The third kappa shape index (κ3) is 3.07. The van der Waals surface area contributed by atoms with E-state index in [9.17, 15) is 18.0 Å². The summed E-state index contributed by atoms with van der Waals surface area (Å²) in [5, 5.41) is 0.353. The first-order valence-electron chi connectivity index (χ1n) is 5.89. The smallest absolute Gasteiger partial charge is 0.398 e. The molecule has 0 aliphatic carbocycles. The van der Waals surface area contributed by atoms with E-state index in [0.717, 1.165) is 6.08 Å². The number of rotatable bonds is 1. The predicted molar refractivity (Wildman–Crippen MR) is 70.5 cm³/mol. The van der Waals surface area contributed by atoms with Crippen molar-refractivity contribution in [2.24, 2.45) is 0 Å². The molecule has 1 aliphatic heterocycles. The highest BCUT2D eigenvalue weighted by molar-refractivity contribution is 6.31. The van der Waals surface area contributed by atoms with Crippen molar-refractivity contribution in [1.82, 2.24) is 4.90 Å². The first kappa shape index (κ1) is 14.7. The minimum Gasteiger partial charge on any atom is -0.398 e. The zero-order valence-corrected chi connectivity index (χ0v) is 11.1. The Kier molecular flexibility index (Phi) is 3.94. The van der Waals surface area contributed by atoms with Crippen LogP contribution in [0, 0.1) is 0 Å². The molecule has 0 atom stereocenters. The average molecular weight is 305 g/mol. The number of hydrogen-bond donors (Lipinski definition) is 1. The van der Waals surface area contributed by atoms with Gasteiger partial charge in [-0.3, -0.25) is 4.79 Å². The Morgan fingerprint density at radius 3 is 2.60 bits per heavy atom. The van der Waals surface area contributed by atoms with Gasteiger partial charge < -0.3 is 10.6 Å². The van der Waals surface area contributed by atoms with Gasteiger partial charge in [0.1, 0.15) is 0 Å². The Labute approximate surface area is 118 Å². The van der Waals surface area contributed by atoms with E-state index in [1.807, 2.05) is 0 Å². The Bertz CT molecular complexity index is 569. The molecule has 0 unspecified atom stereocenters. The number of benzene rings is 1. The third-order valence-corrected chi connectivity index (χ3v) is 3.34. The molecule has 0 bridgehead atoms. The number of carbonyl (C=O) groups excluding carboxylic acids is 1. The van der Waals surface area contributed by atoms with Crippen molar-refractivity contribution in [1.29, 1.82) is 0 Å². The molecule has 3 nitrogen and oxygen atoms in total. The lowest BCUT2D eigenvalue weighted by molar-refractivity contribution is -0.0957. The first-order valence-corrected chi connectivity index (χ1v) is 6.27. The van der Waals surface area contributed by atoms with E-state index < -0.39 is 17.7 Å². The number of halogens is 4. The maximum Gasteiger partial charge on any atom is 0.412 e. The molecule has 1 aromatic rings. The molecule has 7 heteroatoms. The number of carbonyl (C=O) groups is 1. The van der Waals surface area contributed by atoms with Crippen LogP contribution in [0.3, 0.4) is 0 Å². The summed E-state index contributed by atoms with van der Waals surface area (Å²) in [6.07, 6.45) is -3.51. The zero-order chi connectivity index (χ0) is 14.9. The van der Waals surface area contributed by atoms with Crippen LogP contribution in [0.4, 0.5) is 18.9 Å². The summed E-state index contributed by atoms with van der Waals surface area (Å²) in [5.74, 6) is -0.414. The molecule has 0 saturated carbocycles. The molecule has 0 aromatic heterocycles. The molecular formula is C13H12ClF3N2O. The van der Waals surface area contributed by atoms with Crippen molar-refractivity contribution in [3.63, 3.8) is 0 Å². The minimum atomic E-state index is -4.33. The van der Waals surface area contributed by atoms with Gasteiger partial charge in [-0.1, -0.05) is 17.7 Å². The van der Waals surface area contributed by atoms with Gasteiger partial charge in [0.05, 0.1) is 5.56 Å². The predicted octanol–water partition coefficient (Wildman–Crippen LogP) is 3.26. The number of anilines is 1. The topological polar surface area (TPSA) is 46.3 Å². The van der Waals surface area contributed by atoms with Crippen molar-refractivity contribution >= 4 is 23.2 Å². The van der Waals surface area contributed by atoms with Gasteiger partial charge in [-0.05, 0) is 24.6 Å². The highest BCUT2D eigenvalue weighted by atomic mass is 35.5. The van der Waals surface area contributed by atoms with Crippen molar-refractivity contribution in [3.8, 4) is 0 Å². The molecule has 0 saturated heterocycles. The molecule has 1 aliphatic rings. The van der Waals surface area contributed by atoms with Gasteiger partial charge >= 0.3 is 6.18 Å². The molecule has 1 heterocycles. The van der Waals surface area contributed by atoms with Crippen LogP contribution in [0.25, 0.3) is 0 Å². The SMILES string of the molecule is Nc1ccc(Cl)cc1C(=O)N1CC=C(C(F)(F)F)CC1. The monoisotopic (exact) mass is 304 g/mol. The van der Waals surface area contributed by atoms with Gasteiger partial charge in [0, 0.05) is 29.4 Å². The molecule has 1 aromatic carbocycles. The number of nitrogens with two attached hydrogens (primary N) is 1. The summed E-state index contributed by atoms with van der Waals surface area (Å²) in [6, 6.07) is 4.46. The minimum absolute atomic E-state index is 0.0100. The lowest BCUT2D eigenvalue weighted by atomic mass is 10.1. The van der Waals surface area contributed by atoms with Crippen LogP contribution in [-0.4, -0.2) is 30.1 Å². The van der Waals surface area contributed by atoms with E-state index in [1.54, 1.807) is 6.07 Å². The van der Waals surface area contributed by atoms with Crippen LogP contribution in [0.2, 0.25) is 5.02 Å². The fraction of sp³-hybridized carbons (Fsp3) is 0.308. The number of alkyl halides is 3. The molecule has 2 rings (SSSR count). The fourth-order valence-electron chi connectivity index (χ4n) is 2.00. The summed E-state index contributed by atoms with van der Waals surface area (Å²) < 4.78 is 37.5. The van der Waals surface area contributed by atoms with Crippen LogP contribution in [-0.2, 0) is 0 Å². The lowest BCUT2D eigenvalue weighted by Crippen LogP contribution is -2.37. The lowest BCUT2D eigenvalue weighted by Gasteiger charge is -2.27. The van der Waals surface area contributed by atoms with Crippen molar-refractivity contribution in [2.75, 3.05) is 18.8 Å². The van der Waals surface area contributed by atoms with E-state index in [4.69, 9.17) is 17.3 Å². The Morgan fingerprint density at radius 2 is 2.05 bits per heavy atom. The van der Waals surface area contributed by atoms with E-state index in [-0.39, 0.29) is 30.8 Å². The molecule has 108 valence electrons. The molecule has 2 N–H and O–H groups in total. The van der Waals surface area contributed by atoms with Gasteiger partial charge in [0.2, 0.25) is 0 Å². The highest BCUT2D eigenvalue weighted by Gasteiger charge is 2.35. The largest absolute Gasteiger partial charge is 0.412 e. The highest BCUT2D eigenvalue weighted by Crippen LogP contribution is 2.31. The standard InChI is InChI=1S/C13H12ClF3N2O/c14-9-1-2-11(18)10(7-9)12(20)19-5-3-8(4-6-19)13(15,16)17/h1-3,7H,4-6,18H2. The maximum absolute atomic E-state index is 12.5. The van der Waals surface area contributed by atoms with Crippen LogP contribution in [0.5, 0.6) is 0 Å². The van der Waals surface area contributed by atoms with Crippen LogP contribution >= 0.6 is 11.6 Å². The van der Waals surface area contributed by atoms with Crippen LogP contribution < -0.4 is 5.73 Å². The third-order valence-electron chi connectivity index (χ3n) is 3.11. The fourth-order valence-corrected chi connectivity index (χ4v) is 2.17. The zero-order valence-electron chi connectivity index (χ0n) is 10.4. The van der Waals surface area contributed by atoms with E-state index >= 15 is 0 Å². The normalized spacial score (nSPS) is 16.0. The number of nitrogen functional groups attached to an aromatic ring is 1. The van der Waals surface area contributed by atoms with Gasteiger partial charge in [-0.25, -0.2) is 0 Å². The van der Waals surface area contributed by atoms with Gasteiger partial charge in [0.25, 0.3) is 5.91 Å². The van der Waals surface area contributed by atoms with Crippen molar-refractivity contribution < 1.29 is 18.0 Å². The molecular weight excluding hydrogens is 293 g/mol. The second kappa shape index (κ2) is 5.36. The number of amides is 1. The summed E-state index contributed by atoms with van der Waals surface area (Å²) in [6.45, 7) is -0.0737. The van der Waals surface area contributed by atoms with Gasteiger partial charge in [0.15, 0.2) is 0 Å². The number of nitrogens with zero attached hydrogens (tertiary/aromatic N) is 1. The molecule has 1 amide bonds. The molecule has 20 heavy (non-hydrogen) atoms. The van der Waals surface area contributed by atoms with Crippen molar-refractivity contribution in [2.45, 2.75) is 12.6 Å². The first-order chi connectivity index (χ1) is 9.29. The Balaban J connectivity index is 2.17. The summed E-state index contributed by atoms with van der Waals surface area (Å²) >= 11 is 5.80. The van der Waals surface area contributed by atoms with E-state index in [0.29, 0.717) is 5.02 Å². The second-order valence-electron chi connectivity index (χ2n) is 4.46. The molecule has 0 spiro atoms. The van der Waals surface area contributed by atoms with Crippen LogP contribution in [0.15, 0.2) is 29.8 Å². The van der Waals surface area contributed by atoms with Crippen LogP contribution in [0.1, 0.15) is 16.8 Å². The second-order valence-corrected chi connectivity index (χ2v) is 4.90. The average Bonchev–Trinajstić information content (AvgIpc) is 2.40. The van der Waals surface area contributed by atoms with Gasteiger partial charge in [-0.15, -0.1) is 0 Å². The maximum atomic E-state index is 12.5. The summed E-state index contributed by atoms with van der Waals surface area (Å²) in [4.78, 5) is 13.5. The summed E-state index contributed by atoms with van der Waals surface area (Å²) in [7, 11) is 0. The van der Waals surface area contributed by atoms with E-state index in [1.165, 1.54) is 17.0 Å². The molecule has 0 radical (unpaired) electrons. The van der Waals surface area contributed by atoms with E-state index in [2.05, 4.69) is 0 Å². The number of hydrogen-bond acceptors (Lipinski definition) is 2. The molecule has 0 fully saturated rings. The van der Waals surface area contributed by atoms with Crippen molar-refractivity contribution in [3.05, 3.63) is 40.4 Å². The van der Waals surface area contributed by atoms with Gasteiger partial charge in [-0.2, -0.15) is 13.2 Å².